The van der Waals surface area contributed by atoms with Crippen LogP contribution in [0, 0.1) is 16.6 Å². The van der Waals surface area contributed by atoms with E-state index in [1.165, 1.54) is 12.1 Å². The molecule has 1 saturated carbocycles. The highest BCUT2D eigenvalue weighted by atomic mass is 19.1. The minimum Gasteiger partial charge on any atom is -0.488 e. The van der Waals surface area contributed by atoms with Crippen LogP contribution in [0.3, 0.4) is 0 Å². The van der Waals surface area contributed by atoms with Gasteiger partial charge in [0, 0.05) is 29.8 Å². The van der Waals surface area contributed by atoms with Crippen molar-refractivity contribution in [1.29, 1.82) is 0 Å². The molecule has 46 heavy (non-hydrogen) atoms. The predicted molar refractivity (Wildman–Crippen MR) is 174 cm³/mol. The molecular weight excluding hydrogens is 581 g/mol. The number of esters is 1. The third-order valence-corrected chi connectivity index (χ3v) is 11.2. The van der Waals surface area contributed by atoms with E-state index in [2.05, 4.69) is 18.2 Å². The monoisotopic (exact) mass is 621 g/mol. The molecule has 3 fully saturated rings. The lowest BCUT2D eigenvalue weighted by Crippen LogP contribution is -2.58. The average Bonchev–Trinajstić information content (AvgIpc) is 3.37. The number of hydrogen-bond acceptors (Lipinski definition) is 5. The number of nitrogens with zero attached hydrogens (tertiary/aromatic N) is 1. The average molecular weight is 622 g/mol. The topological polar surface area (TPSA) is 65.1 Å². The number of hydrogen-bond donors (Lipinski definition) is 0. The van der Waals surface area contributed by atoms with Crippen LogP contribution >= 0.6 is 0 Å². The fourth-order valence-electron chi connectivity index (χ4n) is 7.81. The third kappa shape index (κ3) is 4.96. The molecule has 7 rings (SSSR count). The lowest BCUT2D eigenvalue weighted by atomic mass is 9.66. The first-order chi connectivity index (χ1) is 22.1. The Labute approximate surface area is 269 Å². The minimum atomic E-state index is -1.17. The van der Waals surface area contributed by atoms with Crippen LogP contribution in [-0.2, 0) is 32.3 Å². The maximum absolute atomic E-state index is 14.3. The summed E-state index contributed by atoms with van der Waals surface area (Å²) < 4.78 is 32.9. The Balaban J connectivity index is 1.15. The van der Waals surface area contributed by atoms with E-state index in [0.29, 0.717) is 45.6 Å². The zero-order valence-electron chi connectivity index (χ0n) is 26.6. The van der Waals surface area contributed by atoms with Crippen molar-refractivity contribution in [2.75, 3.05) is 13.1 Å². The van der Waals surface area contributed by atoms with Gasteiger partial charge < -0.3 is 19.1 Å². The normalized spacial score (nSPS) is 26.7. The van der Waals surface area contributed by atoms with E-state index in [-0.39, 0.29) is 29.7 Å². The molecule has 3 aliphatic rings. The SMILES string of the molecule is CC1(C)[C@@]2(C)CC[C@]1(C(=O)N1CC[C@H](c3ccc(F)cc3)[C@@H](OCc3cc(OCc4ccccc4)c4ccccc4c3)C1)OC2=O. The van der Waals surface area contributed by atoms with Crippen LogP contribution in [-0.4, -0.2) is 41.6 Å². The van der Waals surface area contributed by atoms with E-state index >= 15 is 0 Å². The molecule has 2 aliphatic heterocycles. The Morgan fingerprint density at radius 1 is 0.913 bits per heavy atom. The molecule has 0 N–H and O–H groups in total. The zero-order chi connectivity index (χ0) is 32.1. The molecule has 4 atom stereocenters. The quantitative estimate of drug-likeness (QED) is 0.190. The summed E-state index contributed by atoms with van der Waals surface area (Å²) in [4.78, 5) is 29.1. The van der Waals surface area contributed by atoms with Gasteiger partial charge in [-0.15, -0.1) is 0 Å². The summed E-state index contributed by atoms with van der Waals surface area (Å²) in [5.74, 6) is 0.0315. The van der Waals surface area contributed by atoms with E-state index in [4.69, 9.17) is 14.2 Å². The van der Waals surface area contributed by atoms with Crippen molar-refractivity contribution in [2.45, 2.75) is 70.9 Å². The predicted octanol–water partition coefficient (Wildman–Crippen LogP) is 7.58. The molecule has 1 aliphatic carbocycles. The van der Waals surface area contributed by atoms with Crippen molar-refractivity contribution in [3.63, 3.8) is 0 Å². The molecule has 1 amide bonds. The molecule has 0 unspecified atom stereocenters. The molecule has 2 saturated heterocycles. The van der Waals surface area contributed by atoms with Crippen molar-refractivity contribution in [1.82, 2.24) is 4.90 Å². The molecular formula is C39H40FNO5. The number of fused-ring (bicyclic) bond motifs is 3. The number of carbonyl (C=O) groups excluding carboxylic acids is 2. The maximum atomic E-state index is 14.3. The first kappa shape index (κ1) is 30.4. The highest BCUT2D eigenvalue weighted by molar-refractivity contribution is 5.96. The van der Waals surface area contributed by atoms with Crippen molar-refractivity contribution >= 4 is 22.6 Å². The molecule has 2 bridgehead atoms. The Kier molecular flexibility index (Phi) is 7.63. The lowest BCUT2D eigenvalue weighted by molar-refractivity contribution is -0.176. The second-order valence-corrected chi connectivity index (χ2v) is 13.8. The Morgan fingerprint density at radius 2 is 1.65 bits per heavy atom. The second-order valence-electron chi connectivity index (χ2n) is 13.8. The largest absolute Gasteiger partial charge is 0.488 e. The van der Waals surface area contributed by atoms with Crippen molar-refractivity contribution < 1.29 is 28.2 Å². The number of rotatable bonds is 8. The van der Waals surface area contributed by atoms with Crippen molar-refractivity contribution in [3.05, 3.63) is 114 Å². The third-order valence-electron chi connectivity index (χ3n) is 11.2. The summed E-state index contributed by atoms with van der Waals surface area (Å²) >= 11 is 0. The fraction of sp³-hybridized carbons (Fsp3) is 0.385. The molecule has 238 valence electrons. The summed E-state index contributed by atoms with van der Waals surface area (Å²) in [5, 5.41) is 2.08. The highest BCUT2D eigenvalue weighted by Crippen LogP contribution is 2.66. The standard InChI is InChI=1S/C39H40FNO5/c1-37(2)38(3)18-19-39(37,46-36(38)43)35(42)41-20-17-32(28-13-15-30(40)16-14-28)34(23-41)45-25-27-21-29-11-7-8-12-31(29)33(22-27)44-24-26-9-5-4-6-10-26/h4-16,21-22,32,34H,17-20,23-25H2,1-3H3/t32-,34+,38+,39-/m1/s1. The summed E-state index contributed by atoms with van der Waals surface area (Å²) in [6.45, 7) is 7.49. The van der Waals surface area contributed by atoms with Crippen LogP contribution in [0.25, 0.3) is 10.8 Å². The maximum Gasteiger partial charge on any atom is 0.313 e. The van der Waals surface area contributed by atoms with E-state index in [9.17, 15) is 14.0 Å². The van der Waals surface area contributed by atoms with Gasteiger partial charge in [-0.25, -0.2) is 4.39 Å². The zero-order valence-corrected chi connectivity index (χ0v) is 26.6. The molecule has 0 radical (unpaired) electrons. The van der Waals surface area contributed by atoms with Crippen molar-refractivity contribution in [3.8, 4) is 5.75 Å². The van der Waals surface area contributed by atoms with E-state index in [0.717, 1.165) is 33.2 Å². The van der Waals surface area contributed by atoms with Gasteiger partial charge in [-0.1, -0.05) is 80.6 Å². The second kappa shape index (κ2) is 11.5. The smallest absolute Gasteiger partial charge is 0.313 e. The number of carbonyl (C=O) groups is 2. The molecule has 7 heteroatoms. The molecule has 4 aromatic rings. The summed E-state index contributed by atoms with van der Waals surface area (Å²) in [5.41, 5.74) is 0.541. The van der Waals surface area contributed by atoms with Gasteiger partial charge in [0.05, 0.1) is 18.1 Å². The lowest BCUT2D eigenvalue weighted by Gasteiger charge is -2.44. The van der Waals surface area contributed by atoms with Crippen LogP contribution in [0.5, 0.6) is 5.75 Å². The van der Waals surface area contributed by atoms with Gasteiger partial charge in [-0.3, -0.25) is 9.59 Å². The van der Waals surface area contributed by atoms with Gasteiger partial charge in [0.1, 0.15) is 18.2 Å². The summed E-state index contributed by atoms with van der Waals surface area (Å²) in [6, 6.07) is 28.9. The van der Waals surface area contributed by atoms with Gasteiger partial charge in [0.25, 0.3) is 5.91 Å². The first-order valence-electron chi connectivity index (χ1n) is 16.2. The molecule has 0 spiro atoms. The fourth-order valence-corrected chi connectivity index (χ4v) is 7.81. The van der Waals surface area contributed by atoms with E-state index < -0.39 is 16.4 Å². The highest BCUT2D eigenvalue weighted by Gasteiger charge is 2.76. The van der Waals surface area contributed by atoms with E-state index in [1.54, 1.807) is 0 Å². The Morgan fingerprint density at radius 3 is 2.37 bits per heavy atom. The number of piperidine rings is 1. The summed E-state index contributed by atoms with van der Waals surface area (Å²) in [6.07, 6.45) is 1.45. The van der Waals surface area contributed by atoms with Gasteiger partial charge >= 0.3 is 5.97 Å². The van der Waals surface area contributed by atoms with E-state index in [1.807, 2.05) is 86.3 Å². The van der Waals surface area contributed by atoms with Crippen molar-refractivity contribution in [2.24, 2.45) is 10.8 Å². The molecule has 0 aromatic heterocycles. The molecule has 4 aromatic carbocycles. The number of amides is 1. The Bertz CT molecular complexity index is 1770. The molecule has 6 nitrogen and oxygen atoms in total. The van der Waals surface area contributed by atoms with Crippen LogP contribution in [0.4, 0.5) is 4.39 Å². The van der Waals surface area contributed by atoms with Gasteiger partial charge in [0.2, 0.25) is 0 Å². The first-order valence-corrected chi connectivity index (χ1v) is 16.2. The van der Waals surface area contributed by atoms with Crippen LogP contribution < -0.4 is 4.74 Å². The van der Waals surface area contributed by atoms with Crippen LogP contribution in [0.1, 0.15) is 62.6 Å². The van der Waals surface area contributed by atoms with Gasteiger partial charge in [-0.2, -0.15) is 0 Å². The van der Waals surface area contributed by atoms with Crippen LogP contribution in [0.2, 0.25) is 0 Å². The number of ether oxygens (including phenoxy) is 3. The number of benzene rings is 4. The minimum absolute atomic E-state index is 0.0376. The number of halogens is 1. The molecule has 2 heterocycles. The Hall–Kier alpha value is -4.23. The number of likely N-dealkylation sites (tertiary alicyclic amines) is 1. The van der Waals surface area contributed by atoms with Gasteiger partial charge in [-0.05, 0) is 72.5 Å². The van der Waals surface area contributed by atoms with Gasteiger partial charge in [0.15, 0.2) is 5.60 Å². The summed E-state index contributed by atoms with van der Waals surface area (Å²) in [7, 11) is 0. The van der Waals surface area contributed by atoms with Crippen LogP contribution in [0.15, 0.2) is 91.0 Å².